The first-order chi connectivity index (χ1) is 9.15. The molecule has 0 amide bonds. The Morgan fingerprint density at radius 1 is 1.16 bits per heavy atom. The van der Waals surface area contributed by atoms with Crippen molar-refractivity contribution in [1.29, 1.82) is 0 Å². The Morgan fingerprint density at radius 2 is 1.95 bits per heavy atom. The van der Waals surface area contributed by atoms with Gasteiger partial charge in [-0.1, -0.05) is 48.0 Å². The summed E-state index contributed by atoms with van der Waals surface area (Å²) in [6, 6.07) is 5.70. The van der Waals surface area contributed by atoms with Gasteiger partial charge in [-0.2, -0.15) is 0 Å². The Kier molecular flexibility index (Phi) is 5.13. The molecular weight excluding hydrogens is 301 g/mol. The SMILES string of the molecule is CCc1nnc(SCc2ccc(Cl)c(Cl)c2)n1CC. The Balaban J connectivity index is 2.09. The lowest BCUT2D eigenvalue weighted by molar-refractivity contribution is 0.647. The van der Waals surface area contributed by atoms with Gasteiger partial charge in [-0.25, -0.2) is 0 Å². The molecule has 0 aliphatic carbocycles. The van der Waals surface area contributed by atoms with Crippen LogP contribution in [0.2, 0.25) is 10.0 Å². The van der Waals surface area contributed by atoms with Gasteiger partial charge in [0.2, 0.25) is 0 Å². The molecule has 0 bridgehead atoms. The second kappa shape index (κ2) is 6.64. The minimum Gasteiger partial charge on any atom is -0.306 e. The van der Waals surface area contributed by atoms with Crippen LogP contribution in [0.3, 0.4) is 0 Å². The molecular formula is C13H15Cl2N3S. The van der Waals surface area contributed by atoms with E-state index in [4.69, 9.17) is 23.2 Å². The largest absolute Gasteiger partial charge is 0.306 e. The van der Waals surface area contributed by atoms with Gasteiger partial charge in [0.25, 0.3) is 0 Å². The first-order valence-electron chi connectivity index (χ1n) is 6.14. The fourth-order valence-electron chi connectivity index (χ4n) is 1.78. The van der Waals surface area contributed by atoms with E-state index < -0.39 is 0 Å². The Labute approximate surface area is 127 Å². The van der Waals surface area contributed by atoms with Gasteiger partial charge in [-0.15, -0.1) is 10.2 Å². The fourth-order valence-corrected chi connectivity index (χ4v) is 3.07. The number of thioether (sulfide) groups is 1. The van der Waals surface area contributed by atoms with Gasteiger partial charge < -0.3 is 4.57 Å². The fraction of sp³-hybridized carbons (Fsp3) is 0.385. The van der Waals surface area contributed by atoms with Gasteiger partial charge in [-0.3, -0.25) is 0 Å². The summed E-state index contributed by atoms with van der Waals surface area (Å²) < 4.78 is 2.14. The number of rotatable bonds is 5. The summed E-state index contributed by atoms with van der Waals surface area (Å²) in [5, 5.41) is 10.5. The molecule has 0 radical (unpaired) electrons. The lowest BCUT2D eigenvalue weighted by atomic mass is 10.2. The van der Waals surface area contributed by atoms with E-state index >= 15 is 0 Å². The molecule has 3 nitrogen and oxygen atoms in total. The maximum atomic E-state index is 6.01. The van der Waals surface area contributed by atoms with E-state index in [-0.39, 0.29) is 0 Å². The summed E-state index contributed by atoms with van der Waals surface area (Å²) in [6.45, 7) is 5.08. The third-order valence-corrected chi connectivity index (χ3v) is 4.55. The smallest absolute Gasteiger partial charge is 0.191 e. The van der Waals surface area contributed by atoms with Gasteiger partial charge in [0.1, 0.15) is 5.82 Å². The second-order valence-corrected chi connectivity index (χ2v) is 5.79. The van der Waals surface area contributed by atoms with E-state index in [9.17, 15) is 0 Å². The molecule has 0 saturated carbocycles. The average Bonchev–Trinajstić information content (AvgIpc) is 2.82. The molecule has 0 N–H and O–H groups in total. The molecule has 19 heavy (non-hydrogen) atoms. The predicted octanol–water partition coefficient (Wildman–Crippen LogP) is 4.46. The van der Waals surface area contributed by atoms with Crippen LogP contribution in [0.5, 0.6) is 0 Å². The van der Waals surface area contributed by atoms with E-state index in [0.29, 0.717) is 10.0 Å². The van der Waals surface area contributed by atoms with Gasteiger partial charge in [0.05, 0.1) is 10.0 Å². The van der Waals surface area contributed by atoms with Crippen LogP contribution in [-0.4, -0.2) is 14.8 Å². The number of hydrogen-bond acceptors (Lipinski definition) is 3. The van der Waals surface area contributed by atoms with Crippen LogP contribution in [-0.2, 0) is 18.7 Å². The highest BCUT2D eigenvalue weighted by Gasteiger charge is 2.10. The Bertz CT molecular complexity index is 569. The molecule has 1 heterocycles. The summed E-state index contributed by atoms with van der Waals surface area (Å²) in [5.41, 5.74) is 1.13. The van der Waals surface area contributed by atoms with E-state index in [0.717, 1.165) is 35.3 Å². The summed E-state index contributed by atoms with van der Waals surface area (Å²) in [7, 11) is 0. The third kappa shape index (κ3) is 3.44. The van der Waals surface area contributed by atoms with Crippen LogP contribution in [0.1, 0.15) is 25.2 Å². The molecule has 0 saturated heterocycles. The molecule has 0 atom stereocenters. The Hall–Kier alpha value is -0.710. The second-order valence-electron chi connectivity index (χ2n) is 4.03. The van der Waals surface area contributed by atoms with Crippen molar-refractivity contribution in [3.05, 3.63) is 39.6 Å². The van der Waals surface area contributed by atoms with Crippen LogP contribution in [0, 0.1) is 0 Å². The van der Waals surface area contributed by atoms with Crippen molar-refractivity contribution in [1.82, 2.24) is 14.8 Å². The highest BCUT2D eigenvalue weighted by atomic mass is 35.5. The molecule has 0 fully saturated rings. The molecule has 1 aromatic carbocycles. The molecule has 1 aromatic heterocycles. The highest BCUT2D eigenvalue weighted by molar-refractivity contribution is 7.98. The van der Waals surface area contributed by atoms with E-state index in [1.165, 1.54) is 0 Å². The molecule has 6 heteroatoms. The number of hydrogen-bond donors (Lipinski definition) is 0. The van der Waals surface area contributed by atoms with Crippen molar-refractivity contribution >= 4 is 35.0 Å². The van der Waals surface area contributed by atoms with Crippen molar-refractivity contribution in [2.24, 2.45) is 0 Å². The van der Waals surface area contributed by atoms with E-state index in [1.54, 1.807) is 11.8 Å². The first-order valence-corrected chi connectivity index (χ1v) is 7.88. The van der Waals surface area contributed by atoms with E-state index in [1.807, 2.05) is 18.2 Å². The summed E-state index contributed by atoms with van der Waals surface area (Å²) in [5.74, 6) is 1.83. The predicted molar refractivity (Wildman–Crippen MR) is 81.1 cm³/mol. The monoisotopic (exact) mass is 315 g/mol. The summed E-state index contributed by atoms with van der Waals surface area (Å²) >= 11 is 13.6. The van der Waals surface area contributed by atoms with Crippen LogP contribution >= 0.6 is 35.0 Å². The minimum atomic E-state index is 0.584. The van der Waals surface area contributed by atoms with Gasteiger partial charge >= 0.3 is 0 Å². The zero-order valence-electron chi connectivity index (χ0n) is 10.9. The van der Waals surface area contributed by atoms with Crippen molar-refractivity contribution in [3.8, 4) is 0 Å². The third-order valence-electron chi connectivity index (χ3n) is 2.78. The van der Waals surface area contributed by atoms with Crippen molar-refractivity contribution in [3.63, 3.8) is 0 Å². The number of nitrogens with zero attached hydrogens (tertiary/aromatic N) is 3. The summed E-state index contributed by atoms with van der Waals surface area (Å²) in [4.78, 5) is 0. The van der Waals surface area contributed by atoms with Crippen LogP contribution in [0.15, 0.2) is 23.4 Å². The van der Waals surface area contributed by atoms with Gasteiger partial charge in [0, 0.05) is 18.7 Å². The zero-order valence-corrected chi connectivity index (χ0v) is 13.2. The standard InChI is InChI=1S/C13H15Cl2N3S/c1-3-12-16-17-13(18(12)4-2)19-8-9-5-6-10(14)11(15)7-9/h5-7H,3-4,8H2,1-2H3. The van der Waals surface area contributed by atoms with Crippen molar-refractivity contribution < 1.29 is 0 Å². The van der Waals surface area contributed by atoms with Crippen molar-refractivity contribution in [2.75, 3.05) is 0 Å². The summed E-state index contributed by atoms with van der Waals surface area (Å²) in [6.07, 6.45) is 0.897. The number of aromatic nitrogens is 3. The Morgan fingerprint density at radius 3 is 2.58 bits per heavy atom. The van der Waals surface area contributed by atoms with Crippen LogP contribution in [0.4, 0.5) is 0 Å². The zero-order chi connectivity index (χ0) is 13.8. The van der Waals surface area contributed by atoms with Crippen molar-refractivity contribution in [2.45, 2.75) is 37.7 Å². The highest BCUT2D eigenvalue weighted by Crippen LogP contribution is 2.27. The van der Waals surface area contributed by atoms with E-state index in [2.05, 4.69) is 28.6 Å². The molecule has 102 valence electrons. The van der Waals surface area contributed by atoms with Crippen LogP contribution in [0.25, 0.3) is 0 Å². The maximum absolute atomic E-state index is 6.01. The quantitative estimate of drug-likeness (QED) is 0.763. The van der Waals surface area contributed by atoms with Gasteiger partial charge in [-0.05, 0) is 24.6 Å². The molecule has 2 aromatic rings. The van der Waals surface area contributed by atoms with Gasteiger partial charge in [0.15, 0.2) is 5.16 Å². The molecule has 2 rings (SSSR count). The lowest BCUT2D eigenvalue weighted by Gasteiger charge is -2.06. The minimum absolute atomic E-state index is 0.584. The number of benzene rings is 1. The molecule has 0 spiro atoms. The molecule has 0 aliphatic rings. The molecule has 0 aliphatic heterocycles. The topological polar surface area (TPSA) is 30.7 Å². The lowest BCUT2D eigenvalue weighted by Crippen LogP contribution is -2.01. The molecule has 0 unspecified atom stereocenters. The number of halogens is 2. The maximum Gasteiger partial charge on any atom is 0.191 e. The van der Waals surface area contributed by atoms with Crippen LogP contribution < -0.4 is 0 Å². The normalized spacial score (nSPS) is 10.9. The number of aryl methyl sites for hydroxylation is 1. The average molecular weight is 316 g/mol. The first kappa shape index (κ1) is 14.7.